The summed E-state index contributed by atoms with van der Waals surface area (Å²) in [5, 5.41) is 11.9. The third kappa shape index (κ3) is 5.34. The van der Waals surface area contributed by atoms with E-state index in [1.165, 1.54) is 18.6 Å². The van der Waals surface area contributed by atoms with E-state index in [2.05, 4.69) is 10.2 Å². The van der Waals surface area contributed by atoms with E-state index in [9.17, 15) is 14.4 Å². The molecule has 0 spiro atoms. The number of carboxylic acids is 1. The molecular weight excluding hydrogens is 370 g/mol. The van der Waals surface area contributed by atoms with Gasteiger partial charge in [-0.15, -0.1) is 0 Å². The number of primary amides is 1. The molecule has 7 heteroatoms. The van der Waals surface area contributed by atoms with Gasteiger partial charge in [-0.3, -0.25) is 9.59 Å². The quantitative estimate of drug-likeness (QED) is 0.667. The first kappa shape index (κ1) is 20.4. The number of rotatable bonds is 7. The summed E-state index contributed by atoms with van der Waals surface area (Å²) in [4.78, 5) is 37.2. The first-order chi connectivity index (χ1) is 13.9. The highest BCUT2D eigenvalue weighted by Gasteiger charge is 2.17. The van der Waals surface area contributed by atoms with Gasteiger partial charge in [-0.1, -0.05) is 12.1 Å². The van der Waals surface area contributed by atoms with Crippen molar-refractivity contribution in [2.24, 2.45) is 5.73 Å². The molecule has 3 rings (SSSR count). The third-order valence-electron chi connectivity index (χ3n) is 5.09. The predicted molar refractivity (Wildman–Crippen MR) is 111 cm³/mol. The highest BCUT2D eigenvalue weighted by molar-refractivity contribution is 5.99. The predicted octanol–water partition coefficient (Wildman–Crippen LogP) is 3.05. The van der Waals surface area contributed by atoms with Crippen molar-refractivity contribution in [1.29, 1.82) is 0 Å². The number of hydrogen-bond donors (Lipinski definition) is 3. The second kappa shape index (κ2) is 9.23. The monoisotopic (exact) mass is 395 g/mol. The molecule has 4 N–H and O–H groups in total. The Bertz CT molecular complexity index is 903. The van der Waals surface area contributed by atoms with E-state index in [-0.39, 0.29) is 17.9 Å². The molecule has 0 aromatic heterocycles. The number of carbonyl (C=O) groups is 3. The van der Waals surface area contributed by atoms with Gasteiger partial charge in [0.2, 0.25) is 11.8 Å². The molecule has 2 aromatic rings. The van der Waals surface area contributed by atoms with Crippen molar-refractivity contribution in [3.8, 4) is 0 Å². The number of carbonyl (C=O) groups excluding carboxylic acids is 2. The van der Waals surface area contributed by atoms with Crippen LogP contribution in [0.2, 0.25) is 0 Å². The number of anilines is 2. The summed E-state index contributed by atoms with van der Waals surface area (Å²) in [5.41, 5.74) is 8.34. The molecule has 1 heterocycles. The molecule has 2 amide bonds. The summed E-state index contributed by atoms with van der Waals surface area (Å²) < 4.78 is 0. The number of nitrogens with two attached hydrogens (primary N) is 1. The van der Waals surface area contributed by atoms with Crippen LogP contribution in [-0.4, -0.2) is 36.0 Å². The average Bonchev–Trinajstić information content (AvgIpc) is 2.73. The summed E-state index contributed by atoms with van der Waals surface area (Å²) in [6, 6.07) is 11.6. The Morgan fingerprint density at radius 3 is 2.24 bits per heavy atom. The van der Waals surface area contributed by atoms with E-state index >= 15 is 0 Å². The van der Waals surface area contributed by atoms with Crippen LogP contribution < -0.4 is 16.0 Å². The second-order valence-corrected chi connectivity index (χ2v) is 7.19. The summed E-state index contributed by atoms with van der Waals surface area (Å²) in [6.45, 7) is 1.82. The molecule has 29 heavy (non-hydrogen) atoms. The minimum atomic E-state index is -0.978. The van der Waals surface area contributed by atoms with E-state index in [1.807, 2.05) is 6.07 Å². The molecule has 0 bridgehead atoms. The van der Waals surface area contributed by atoms with Crippen LogP contribution in [-0.2, 0) is 11.2 Å². The SMILES string of the molecule is NC(=O)c1ccc(N2CCCCC2)c(NC(=O)CCc2ccc(C(=O)O)cc2)c1. The first-order valence-electron chi connectivity index (χ1n) is 9.75. The van der Waals surface area contributed by atoms with Gasteiger partial charge in [-0.2, -0.15) is 0 Å². The normalized spacial score (nSPS) is 13.7. The molecular formula is C22H25N3O4. The molecule has 152 valence electrons. The molecule has 0 aliphatic carbocycles. The maximum absolute atomic E-state index is 12.5. The number of aromatic carboxylic acids is 1. The summed E-state index contributed by atoms with van der Waals surface area (Å²) in [6.07, 6.45) is 4.11. The van der Waals surface area contributed by atoms with E-state index in [0.29, 0.717) is 17.7 Å². The van der Waals surface area contributed by atoms with Gasteiger partial charge in [0.1, 0.15) is 0 Å². The molecule has 1 fully saturated rings. The van der Waals surface area contributed by atoms with Crippen LogP contribution in [0.5, 0.6) is 0 Å². The van der Waals surface area contributed by atoms with Gasteiger partial charge in [0.05, 0.1) is 16.9 Å². The zero-order chi connectivity index (χ0) is 20.8. The van der Waals surface area contributed by atoms with Crippen LogP contribution in [0.25, 0.3) is 0 Å². The van der Waals surface area contributed by atoms with Crippen molar-refractivity contribution < 1.29 is 19.5 Å². The molecule has 0 atom stereocenters. The molecule has 0 saturated carbocycles. The molecule has 0 radical (unpaired) electrons. The lowest BCUT2D eigenvalue weighted by Crippen LogP contribution is -2.30. The fourth-order valence-corrected chi connectivity index (χ4v) is 3.48. The lowest BCUT2D eigenvalue weighted by atomic mass is 10.1. The minimum absolute atomic E-state index is 0.174. The molecule has 1 aliphatic rings. The smallest absolute Gasteiger partial charge is 0.335 e. The van der Waals surface area contributed by atoms with Crippen LogP contribution in [0.1, 0.15) is 52.0 Å². The topological polar surface area (TPSA) is 113 Å². The number of amides is 2. The fraction of sp³-hybridized carbons (Fsp3) is 0.318. The number of benzene rings is 2. The Morgan fingerprint density at radius 2 is 1.62 bits per heavy atom. The maximum Gasteiger partial charge on any atom is 0.335 e. The molecule has 1 aliphatic heterocycles. The second-order valence-electron chi connectivity index (χ2n) is 7.19. The molecule has 7 nitrogen and oxygen atoms in total. The highest BCUT2D eigenvalue weighted by atomic mass is 16.4. The van der Waals surface area contributed by atoms with Gasteiger partial charge in [-0.05, 0) is 61.6 Å². The molecule has 0 unspecified atom stereocenters. The lowest BCUT2D eigenvalue weighted by Gasteiger charge is -2.30. The van der Waals surface area contributed by atoms with Gasteiger partial charge in [0, 0.05) is 25.1 Å². The number of aryl methyl sites for hydroxylation is 1. The number of hydrogen-bond acceptors (Lipinski definition) is 4. The van der Waals surface area contributed by atoms with Crippen LogP contribution in [0.15, 0.2) is 42.5 Å². The average molecular weight is 395 g/mol. The zero-order valence-electron chi connectivity index (χ0n) is 16.2. The third-order valence-corrected chi connectivity index (χ3v) is 5.09. The number of piperidine rings is 1. The van der Waals surface area contributed by atoms with E-state index in [0.717, 1.165) is 37.2 Å². The molecule has 2 aromatic carbocycles. The van der Waals surface area contributed by atoms with Gasteiger partial charge in [-0.25, -0.2) is 4.79 Å². The summed E-state index contributed by atoms with van der Waals surface area (Å²) >= 11 is 0. The lowest BCUT2D eigenvalue weighted by molar-refractivity contribution is -0.116. The maximum atomic E-state index is 12.5. The Balaban J connectivity index is 1.69. The van der Waals surface area contributed by atoms with Gasteiger partial charge in [0.25, 0.3) is 0 Å². The van der Waals surface area contributed by atoms with Crippen LogP contribution in [0.4, 0.5) is 11.4 Å². The van der Waals surface area contributed by atoms with Crippen LogP contribution >= 0.6 is 0 Å². The van der Waals surface area contributed by atoms with Crippen molar-refractivity contribution in [2.75, 3.05) is 23.3 Å². The van der Waals surface area contributed by atoms with E-state index < -0.39 is 11.9 Å². The van der Waals surface area contributed by atoms with Gasteiger partial charge < -0.3 is 21.1 Å². The highest BCUT2D eigenvalue weighted by Crippen LogP contribution is 2.30. The Hall–Kier alpha value is -3.35. The van der Waals surface area contributed by atoms with Crippen molar-refractivity contribution in [2.45, 2.75) is 32.1 Å². The van der Waals surface area contributed by atoms with Crippen LogP contribution in [0, 0.1) is 0 Å². The van der Waals surface area contributed by atoms with E-state index in [4.69, 9.17) is 10.8 Å². The van der Waals surface area contributed by atoms with Crippen molar-refractivity contribution in [3.05, 3.63) is 59.2 Å². The largest absolute Gasteiger partial charge is 0.478 e. The van der Waals surface area contributed by atoms with Crippen molar-refractivity contribution in [3.63, 3.8) is 0 Å². The Kier molecular flexibility index (Phi) is 6.49. The number of nitrogens with one attached hydrogen (secondary N) is 1. The first-order valence-corrected chi connectivity index (χ1v) is 9.75. The molecule has 1 saturated heterocycles. The zero-order valence-corrected chi connectivity index (χ0v) is 16.2. The van der Waals surface area contributed by atoms with Crippen molar-refractivity contribution >= 4 is 29.2 Å². The van der Waals surface area contributed by atoms with Gasteiger partial charge >= 0.3 is 5.97 Å². The Morgan fingerprint density at radius 1 is 0.966 bits per heavy atom. The standard InChI is InChI=1S/C22H25N3O4/c23-21(27)17-9-10-19(25-12-2-1-3-13-25)18(14-17)24-20(26)11-6-15-4-7-16(8-5-15)22(28)29/h4-5,7-10,14H,1-3,6,11-13H2,(H2,23,27)(H,24,26)(H,28,29). The minimum Gasteiger partial charge on any atom is -0.478 e. The number of nitrogens with zero attached hydrogens (tertiary/aromatic N) is 1. The summed E-state index contributed by atoms with van der Waals surface area (Å²) in [7, 11) is 0. The van der Waals surface area contributed by atoms with Crippen LogP contribution in [0.3, 0.4) is 0 Å². The fourth-order valence-electron chi connectivity index (χ4n) is 3.48. The van der Waals surface area contributed by atoms with Crippen molar-refractivity contribution in [1.82, 2.24) is 0 Å². The van der Waals surface area contributed by atoms with Gasteiger partial charge in [0.15, 0.2) is 0 Å². The number of carboxylic acid groups (broad SMARTS) is 1. The summed E-state index contributed by atoms with van der Waals surface area (Å²) in [5.74, 6) is -1.69. The van der Waals surface area contributed by atoms with E-state index in [1.54, 1.807) is 24.3 Å². The Labute approximate surface area is 169 Å².